The van der Waals surface area contributed by atoms with E-state index in [0.29, 0.717) is 36.3 Å². The lowest BCUT2D eigenvalue weighted by atomic mass is 10.3. The number of fused-ring (bicyclic) bond motifs is 1. The van der Waals surface area contributed by atoms with Gasteiger partial charge in [-0.05, 0) is 24.3 Å². The number of thiazole rings is 1. The van der Waals surface area contributed by atoms with Gasteiger partial charge >= 0.3 is 5.00 Å². The van der Waals surface area contributed by atoms with Gasteiger partial charge in [-0.15, -0.1) is 0 Å². The molecular weight excluding hydrogens is 428 g/mol. The van der Waals surface area contributed by atoms with Crippen molar-refractivity contribution in [3.63, 3.8) is 0 Å². The van der Waals surface area contributed by atoms with Crippen molar-refractivity contribution in [2.75, 3.05) is 51.4 Å². The number of morpholine rings is 1. The van der Waals surface area contributed by atoms with Crippen molar-refractivity contribution in [3.05, 3.63) is 45.3 Å². The van der Waals surface area contributed by atoms with E-state index in [1.807, 2.05) is 18.2 Å². The molecule has 0 N–H and O–H groups in total. The molecule has 4 rings (SSSR count). The standard InChI is InChI=1S/C19H20N4O5S2/c1-27-13-2-3-14-16(12-13)30-19(20-14)22(7-6-21-8-10-28-11-9-21)18(24)15-4-5-17(29-15)23(25)26/h2-5,12H,6-11H2,1H3. The van der Waals surface area contributed by atoms with Crippen LogP contribution in [-0.4, -0.2) is 67.2 Å². The molecule has 0 bridgehead atoms. The summed E-state index contributed by atoms with van der Waals surface area (Å²) in [5.74, 6) is 0.435. The molecule has 0 radical (unpaired) electrons. The summed E-state index contributed by atoms with van der Waals surface area (Å²) in [6.07, 6.45) is 0. The van der Waals surface area contributed by atoms with Crippen molar-refractivity contribution in [3.8, 4) is 5.75 Å². The predicted octanol–water partition coefficient (Wildman–Crippen LogP) is 3.25. The maximum Gasteiger partial charge on any atom is 0.324 e. The average molecular weight is 449 g/mol. The SMILES string of the molecule is COc1ccc2nc(N(CCN3CCOCC3)C(=O)c3ccc([N+](=O)[O-])s3)sc2c1. The summed E-state index contributed by atoms with van der Waals surface area (Å²) < 4.78 is 11.6. The number of hydrogen-bond acceptors (Lipinski definition) is 9. The zero-order valence-corrected chi connectivity index (χ0v) is 17.9. The minimum atomic E-state index is -0.483. The molecule has 30 heavy (non-hydrogen) atoms. The molecular formula is C19H20N4O5S2. The van der Waals surface area contributed by atoms with E-state index in [2.05, 4.69) is 9.88 Å². The molecule has 1 amide bonds. The summed E-state index contributed by atoms with van der Waals surface area (Å²) in [5, 5.41) is 11.5. The number of rotatable bonds is 7. The second-order valence-corrected chi connectivity index (χ2v) is 8.71. The van der Waals surface area contributed by atoms with Crippen molar-refractivity contribution in [1.82, 2.24) is 9.88 Å². The maximum atomic E-state index is 13.3. The molecule has 1 aliphatic rings. The number of nitrogens with zero attached hydrogens (tertiary/aromatic N) is 4. The molecule has 11 heteroatoms. The molecule has 0 aliphatic carbocycles. The highest BCUT2D eigenvalue weighted by atomic mass is 32.1. The van der Waals surface area contributed by atoms with Crippen LogP contribution in [0.25, 0.3) is 10.2 Å². The Labute approximate surface area is 180 Å². The van der Waals surface area contributed by atoms with E-state index in [0.717, 1.165) is 40.4 Å². The zero-order valence-electron chi connectivity index (χ0n) is 16.3. The maximum absolute atomic E-state index is 13.3. The van der Waals surface area contributed by atoms with Crippen LogP contribution >= 0.6 is 22.7 Å². The highest BCUT2D eigenvalue weighted by Gasteiger charge is 2.25. The van der Waals surface area contributed by atoms with Gasteiger partial charge in [0.15, 0.2) is 5.13 Å². The first kappa shape index (κ1) is 20.7. The Balaban J connectivity index is 1.63. The minimum absolute atomic E-state index is 0.0551. The number of carbonyl (C=O) groups is 1. The van der Waals surface area contributed by atoms with Crippen LogP contribution in [0.4, 0.5) is 10.1 Å². The molecule has 1 aromatic carbocycles. The predicted molar refractivity (Wildman–Crippen MR) is 116 cm³/mol. The molecule has 9 nitrogen and oxygen atoms in total. The highest BCUT2D eigenvalue weighted by molar-refractivity contribution is 7.22. The summed E-state index contributed by atoms with van der Waals surface area (Å²) in [6, 6.07) is 8.44. The van der Waals surface area contributed by atoms with Crippen molar-refractivity contribution < 1.29 is 19.2 Å². The third kappa shape index (κ3) is 4.43. The number of thiophene rings is 1. The number of amides is 1. The third-order valence-corrected chi connectivity index (χ3v) is 6.85. The topological polar surface area (TPSA) is 98.0 Å². The molecule has 0 saturated carbocycles. The van der Waals surface area contributed by atoms with Crippen molar-refractivity contribution in [1.29, 1.82) is 0 Å². The van der Waals surface area contributed by atoms with Gasteiger partial charge in [-0.2, -0.15) is 0 Å². The fraction of sp³-hybridized carbons (Fsp3) is 0.368. The highest BCUT2D eigenvalue weighted by Crippen LogP contribution is 2.33. The Morgan fingerprint density at radius 2 is 2.10 bits per heavy atom. The Morgan fingerprint density at radius 1 is 1.30 bits per heavy atom. The van der Waals surface area contributed by atoms with Crippen molar-refractivity contribution in [2.24, 2.45) is 0 Å². The van der Waals surface area contributed by atoms with Gasteiger partial charge in [-0.1, -0.05) is 22.7 Å². The minimum Gasteiger partial charge on any atom is -0.497 e. The van der Waals surface area contributed by atoms with Gasteiger partial charge < -0.3 is 9.47 Å². The molecule has 2 aromatic heterocycles. The van der Waals surface area contributed by atoms with E-state index >= 15 is 0 Å². The molecule has 0 atom stereocenters. The number of benzene rings is 1. The Kier molecular flexibility index (Phi) is 6.23. The summed E-state index contributed by atoms with van der Waals surface area (Å²) in [5.41, 5.74) is 0.775. The lowest BCUT2D eigenvalue weighted by molar-refractivity contribution is -0.380. The fourth-order valence-electron chi connectivity index (χ4n) is 3.16. The summed E-state index contributed by atoms with van der Waals surface area (Å²) in [6.45, 7) is 4.06. The van der Waals surface area contributed by atoms with Crippen LogP contribution in [0, 0.1) is 10.1 Å². The molecule has 1 fully saturated rings. The van der Waals surface area contributed by atoms with E-state index in [9.17, 15) is 14.9 Å². The number of anilines is 1. The van der Waals surface area contributed by atoms with Gasteiger partial charge in [-0.25, -0.2) is 4.98 Å². The second kappa shape index (κ2) is 9.04. The molecule has 3 heterocycles. The first-order chi connectivity index (χ1) is 14.5. The molecule has 3 aromatic rings. The fourth-order valence-corrected chi connectivity index (χ4v) is 4.95. The molecule has 0 spiro atoms. The van der Waals surface area contributed by atoms with Gasteiger partial charge in [0.1, 0.15) is 5.75 Å². The van der Waals surface area contributed by atoms with E-state index in [1.54, 1.807) is 12.0 Å². The number of hydrogen-bond donors (Lipinski definition) is 0. The van der Waals surface area contributed by atoms with Crippen LogP contribution in [0.5, 0.6) is 5.75 Å². The van der Waals surface area contributed by atoms with Crippen LogP contribution in [0.2, 0.25) is 0 Å². The van der Waals surface area contributed by atoms with Gasteiger partial charge in [-0.3, -0.25) is 24.7 Å². The van der Waals surface area contributed by atoms with E-state index in [-0.39, 0.29) is 10.9 Å². The average Bonchev–Trinajstić information content (AvgIpc) is 3.41. The third-order valence-electron chi connectivity index (χ3n) is 4.79. The van der Waals surface area contributed by atoms with E-state index in [1.165, 1.54) is 23.5 Å². The number of carbonyl (C=O) groups excluding carboxylic acids is 1. The van der Waals surface area contributed by atoms with Crippen molar-refractivity contribution in [2.45, 2.75) is 0 Å². The smallest absolute Gasteiger partial charge is 0.324 e. The van der Waals surface area contributed by atoms with Gasteiger partial charge in [0, 0.05) is 32.2 Å². The lowest BCUT2D eigenvalue weighted by Gasteiger charge is -2.29. The summed E-state index contributed by atoms with van der Waals surface area (Å²) >= 11 is 2.28. The first-order valence-corrected chi connectivity index (χ1v) is 11.0. The van der Waals surface area contributed by atoms with Crippen LogP contribution < -0.4 is 9.64 Å². The molecule has 158 valence electrons. The van der Waals surface area contributed by atoms with Crippen LogP contribution in [0.3, 0.4) is 0 Å². The second-order valence-electron chi connectivity index (χ2n) is 6.64. The van der Waals surface area contributed by atoms with Gasteiger partial charge in [0.25, 0.3) is 5.91 Å². The first-order valence-electron chi connectivity index (χ1n) is 9.36. The van der Waals surface area contributed by atoms with Crippen molar-refractivity contribution >= 4 is 48.9 Å². The van der Waals surface area contributed by atoms with Crippen LogP contribution in [0.15, 0.2) is 30.3 Å². The van der Waals surface area contributed by atoms with Gasteiger partial charge in [0.2, 0.25) is 0 Å². The normalized spacial score (nSPS) is 14.7. The van der Waals surface area contributed by atoms with E-state index in [4.69, 9.17) is 9.47 Å². The Hall–Kier alpha value is -2.60. The van der Waals surface area contributed by atoms with Crippen LogP contribution in [0.1, 0.15) is 9.67 Å². The summed E-state index contributed by atoms with van der Waals surface area (Å²) in [7, 11) is 1.60. The van der Waals surface area contributed by atoms with Crippen LogP contribution in [-0.2, 0) is 4.74 Å². The van der Waals surface area contributed by atoms with Gasteiger partial charge in [0.05, 0.1) is 40.3 Å². The van der Waals surface area contributed by atoms with E-state index < -0.39 is 4.92 Å². The Morgan fingerprint density at radius 3 is 2.80 bits per heavy atom. The summed E-state index contributed by atoms with van der Waals surface area (Å²) in [4.78, 5) is 32.6. The molecule has 0 unspecified atom stereocenters. The number of aromatic nitrogens is 1. The Bertz CT molecular complexity index is 1060. The molecule has 1 saturated heterocycles. The number of nitro groups is 1. The zero-order chi connectivity index (χ0) is 21.1. The largest absolute Gasteiger partial charge is 0.497 e. The monoisotopic (exact) mass is 448 g/mol. The molecule has 1 aliphatic heterocycles. The lowest BCUT2D eigenvalue weighted by Crippen LogP contribution is -2.43. The quantitative estimate of drug-likeness (QED) is 0.404. The number of ether oxygens (including phenoxy) is 2. The number of methoxy groups -OCH3 is 1.